The van der Waals surface area contributed by atoms with Gasteiger partial charge in [-0.25, -0.2) is 0 Å². The van der Waals surface area contributed by atoms with Gasteiger partial charge in [0.1, 0.15) is 0 Å². The zero-order valence-electron chi connectivity index (χ0n) is 10.3. The van der Waals surface area contributed by atoms with Crippen molar-refractivity contribution in [3.8, 4) is 0 Å². The molecule has 0 aromatic heterocycles. The average Bonchev–Trinajstić information content (AvgIpc) is 2.29. The second-order valence-electron chi connectivity index (χ2n) is 4.01. The zero-order chi connectivity index (χ0) is 12.7. The van der Waals surface area contributed by atoms with Crippen molar-refractivity contribution in [3.63, 3.8) is 0 Å². The molecule has 2 N–H and O–H groups in total. The molecule has 0 unspecified atom stereocenters. The number of carbonyl (C=O) groups excluding carboxylic acids is 1. The van der Waals surface area contributed by atoms with Crippen LogP contribution in [0.25, 0.3) is 0 Å². The molecule has 1 rings (SSSR count). The van der Waals surface area contributed by atoms with Crippen LogP contribution in [0.15, 0.2) is 22.7 Å². The maximum atomic E-state index is 11.4. The molecule has 3 nitrogen and oxygen atoms in total. The number of hydrogen-bond acceptors (Lipinski definition) is 2. The maximum Gasteiger partial charge on any atom is 0.221 e. The molecule has 0 aliphatic heterocycles. The summed E-state index contributed by atoms with van der Waals surface area (Å²) in [6, 6.07) is 6.12. The van der Waals surface area contributed by atoms with Crippen LogP contribution in [0.1, 0.15) is 25.3 Å². The van der Waals surface area contributed by atoms with E-state index in [1.54, 1.807) is 0 Å². The monoisotopic (exact) mass is 298 g/mol. The molecule has 0 aliphatic carbocycles. The van der Waals surface area contributed by atoms with E-state index in [9.17, 15) is 4.79 Å². The Bertz CT molecular complexity index is 380. The van der Waals surface area contributed by atoms with Crippen molar-refractivity contribution >= 4 is 27.5 Å². The van der Waals surface area contributed by atoms with Crippen molar-refractivity contribution in [1.82, 2.24) is 5.32 Å². The number of carbonyl (C=O) groups is 1. The Morgan fingerprint density at radius 2 is 2.12 bits per heavy atom. The van der Waals surface area contributed by atoms with E-state index in [1.807, 2.05) is 26.0 Å². The average molecular weight is 299 g/mol. The van der Waals surface area contributed by atoms with Gasteiger partial charge < -0.3 is 10.6 Å². The van der Waals surface area contributed by atoms with E-state index in [2.05, 4.69) is 32.6 Å². The van der Waals surface area contributed by atoms with Crippen molar-refractivity contribution in [2.75, 3.05) is 18.4 Å². The minimum Gasteiger partial charge on any atom is -0.384 e. The minimum absolute atomic E-state index is 0.0996. The molecule has 0 saturated heterocycles. The highest BCUT2D eigenvalue weighted by atomic mass is 79.9. The van der Waals surface area contributed by atoms with E-state index in [-0.39, 0.29) is 5.91 Å². The summed E-state index contributed by atoms with van der Waals surface area (Å²) >= 11 is 3.49. The summed E-state index contributed by atoms with van der Waals surface area (Å²) in [6.07, 6.45) is 1.48. The van der Waals surface area contributed by atoms with E-state index in [0.29, 0.717) is 13.0 Å². The van der Waals surface area contributed by atoms with Crippen LogP contribution in [-0.2, 0) is 4.79 Å². The van der Waals surface area contributed by atoms with Gasteiger partial charge in [0.2, 0.25) is 5.91 Å². The molecular formula is C13H19BrN2O. The van der Waals surface area contributed by atoms with Gasteiger partial charge in [0.05, 0.1) is 0 Å². The van der Waals surface area contributed by atoms with E-state index in [4.69, 9.17) is 0 Å². The summed E-state index contributed by atoms with van der Waals surface area (Å²) in [7, 11) is 0. The lowest BCUT2D eigenvalue weighted by atomic mass is 10.2. The zero-order valence-corrected chi connectivity index (χ0v) is 11.9. The standard InChI is InChI=1S/C13H19BrN2O/c1-3-7-16-13(17)6-8-15-12-5-4-10(2)9-11(12)14/h4-5,9,15H,3,6-8H2,1-2H3,(H,16,17). The molecule has 1 aromatic rings. The highest BCUT2D eigenvalue weighted by molar-refractivity contribution is 9.10. The van der Waals surface area contributed by atoms with Gasteiger partial charge in [-0.1, -0.05) is 13.0 Å². The number of amides is 1. The van der Waals surface area contributed by atoms with Crippen molar-refractivity contribution in [2.45, 2.75) is 26.7 Å². The van der Waals surface area contributed by atoms with Gasteiger partial charge in [-0.2, -0.15) is 0 Å². The largest absolute Gasteiger partial charge is 0.384 e. The molecule has 4 heteroatoms. The first-order valence-corrected chi connectivity index (χ1v) is 6.69. The first-order valence-electron chi connectivity index (χ1n) is 5.90. The van der Waals surface area contributed by atoms with Gasteiger partial charge in [-0.3, -0.25) is 4.79 Å². The van der Waals surface area contributed by atoms with Crippen molar-refractivity contribution in [1.29, 1.82) is 0 Å². The summed E-state index contributed by atoms with van der Waals surface area (Å²) in [5, 5.41) is 6.09. The molecule has 0 aliphatic rings. The Morgan fingerprint density at radius 1 is 1.35 bits per heavy atom. The third kappa shape index (κ3) is 5.22. The lowest BCUT2D eigenvalue weighted by molar-refractivity contribution is -0.120. The summed E-state index contributed by atoms with van der Waals surface area (Å²) in [4.78, 5) is 11.4. The van der Waals surface area contributed by atoms with Crippen LogP contribution in [0, 0.1) is 6.92 Å². The van der Waals surface area contributed by atoms with Crippen LogP contribution < -0.4 is 10.6 Å². The second kappa shape index (κ2) is 7.33. The Kier molecular flexibility index (Phi) is 6.05. The fourth-order valence-corrected chi connectivity index (χ4v) is 2.06. The number of rotatable bonds is 6. The molecule has 1 aromatic carbocycles. The highest BCUT2D eigenvalue weighted by Gasteiger charge is 2.02. The van der Waals surface area contributed by atoms with E-state index in [1.165, 1.54) is 5.56 Å². The normalized spacial score (nSPS) is 10.1. The first-order chi connectivity index (χ1) is 8.13. The van der Waals surface area contributed by atoms with Crippen LogP contribution in [0.4, 0.5) is 5.69 Å². The summed E-state index contributed by atoms with van der Waals surface area (Å²) in [5.74, 6) is 0.0996. The Morgan fingerprint density at radius 3 is 2.76 bits per heavy atom. The summed E-state index contributed by atoms with van der Waals surface area (Å²) in [5.41, 5.74) is 2.24. The van der Waals surface area contributed by atoms with E-state index in [0.717, 1.165) is 23.1 Å². The van der Waals surface area contributed by atoms with Crippen LogP contribution in [0.2, 0.25) is 0 Å². The van der Waals surface area contributed by atoms with Gasteiger partial charge in [0.25, 0.3) is 0 Å². The van der Waals surface area contributed by atoms with Gasteiger partial charge in [-0.15, -0.1) is 0 Å². The van der Waals surface area contributed by atoms with Gasteiger partial charge >= 0.3 is 0 Å². The topological polar surface area (TPSA) is 41.1 Å². The quantitative estimate of drug-likeness (QED) is 0.847. The van der Waals surface area contributed by atoms with Crippen LogP contribution in [0.5, 0.6) is 0 Å². The molecule has 0 bridgehead atoms. The molecule has 0 fully saturated rings. The van der Waals surface area contributed by atoms with Gasteiger partial charge in [0.15, 0.2) is 0 Å². The molecule has 17 heavy (non-hydrogen) atoms. The molecule has 0 heterocycles. The Labute approximate surface area is 111 Å². The number of benzene rings is 1. The third-order valence-corrected chi connectivity index (χ3v) is 3.02. The summed E-state index contributed by atoms with van der Waals surface area (Å²) < 4.78 is 1.03. The highest BCUT2D eigenvalue weighted by Crippen LogP contribution is 2.23. The number of hydrogen-bond donors (Lipinski definition) is 2. The fourth-order valence-electron chi connectivity index (χ4n) is 1.43. The van der Waals surface area contributed by atoms with Gasteiger partial charge in [-0.05, 0) is 47.0 Å². The van der Waals surface area contributed by atoms with Crippen LogP contribution in [0.3, 0.4) is 0 Å². The Hall–Kier alpha value is -1.03. The SMILES string of the molecule is CCCNC(=O)CCNc1ccc(C)cc1Br. The lowest BCUT2D eigenvalue weighted by Gasteiger charge is -2.09. The maximum absolute atomic E-state index is 11.4. The molecule has 94 valence electrons. The molecular weight excluding hydrogens is 280 g/mol. The number of halogens is 1. The number of nitrogens with one attached hydrogen (secondary N) is 2. The molecule has 0 atom stereocenters. The second-order valence-corrected chi connectivity index (χ2v) is 4.86. The third-order valence-electron chi connectivity index (χ3n) is 2.36. The van der Waals surface area contributed by atoms with Crippen molar-refractivity contribution in [3.05, 3.63) is 28.2 Å². The number of aryl methyl sites for hydroxylation is 1. The molecule has 0 radical (unpaired) electrons. The predicted octanol–water partition coefficient (Wildman–Crippen LogP) is 3.09. The van der Waals surface area contributed by atoms with Crippen molar-refractivity contribution in [2.24, 2.45) is 0 Å². The summed E-state index contributed by atoms with van der Waals surface area (Å²) in [6.45, 7) is 5.50. The van der Waals surface area contributed by atoms with Crippen LogP contribution >= 0.6 is 15.9 Å². The predicted molar refractivity (Wildman–Crippen MR) is 75.3 cm³/mol. The fraction of sp³-hybridized carbons (Fsp3) is 0.462. The van der Waals surface area contributed by atoms with E-state index >= 15 is 0 Å². The lowest BCUT2D eigenvalue weighted by Crippen LogP contribution is -2.25. The van der Waals surface area contributed by atoms with Crippen LogP contribution in [-0.4, -0.2) is 19.0 Å². The Balaban J connectivity index is 2.33. The van der Waals surface area contributed by atoms with Crippen molar-refractivity contribution < 1.29 is 4.79 Å². The molecule has 1 amide bonds. The first kappa shape index (κ1) is 14.0. The van der Waals surface area contributed by atoms with Gasteiger partial charge in [0, 0.05) is 29.7 Å². The molecule has 0 saturated carbocycles. The number of anilines is 1. The van der Waals surface area contributed by atoms with E-state index < -0.39 is 0 Å². The minimum atomic E-state index is 0.0996. The smallest absolute Gasteiger partial charge is 0.221 e. The molecule has 0 spiro atoms.